The number of carbonyl (C=O) groups excluding carboxylic acids is 3. The van der Waals surface area contributed by atoms with Gasteiger partial charge in [0.25, 0.3) is 5.91 Å². The number of likely N-dealkylation sites (tertiary alicyclic amines) is 1. The highest BCUT2D eigenvalue weighted by Crippen LogP contribution is 2.30. The summed E-state index contributed by atoms with van der Waals surface area (Å²) in [6, 6.07) is 16.2. The van der Waals surface area contributed by atoms with E-state index >= 15 is 0 Å². The Morgan fingerprint density at radius 1 is 1.03 bits per heavy atom. The molecule has 2 heterocycles. The van der Waals surface area contributed by atoms with Crippen molar-refractivity contribution in [2.24, 2.45) is 0 Å². The highest BCUT2D eigenvalue weighted by Gasteiger charge is 2.46. The molecule has 0 bridgehead atoms. The molecule has 0 aromatic heterocycles. The molecule has 2 aromatic rings. The summed E-state index contributed by atoms with van der Waals surface area (Å²) in [6.07, 6.45) is 2.70. The first-order chi connectivity index (χ1) is 16.0. The second kappa shape index (κ2) is 10.5. The Balaban J connectivity index is 1.48. The van der Waals surface area contributed by atoms with Crippen molar-refractivity contribution in [1.29, 1.82) is 0 Å². The quantitative estimate of drug-likeness (QED) is 0.571. The summed E-state index contributed by atoms with van der Waals surface area (Å²) in [5.74, 6) is -0.634. The van der Waals surface area contributed by atoms with Crippen LogP contribution in [0.25, 0.3) is 0 Å². The summed E-state index contributed by atoms with van der Waals surface area (Å²) < 4.78 is 0. The fraction of sp³-hybridized carbons (Fsp3) is 0.423. The lowest BCUT2D eigenvalue weighted by molar-refractivity contribution is -0.142. The Morgan fingerprint density at radius 3 is 2.33 bits per heavy atom. The highest BCUT2D eigenvalue weighted by molar-refractivity contribution is 6.30. The van der Waals surface area contributed by atoms with Gasteiger partial charge < -0.3 is 4.90 Å². The van der Waals surface area contributed by atoms with Crippen LogP contribution in [0.15, 0.2) is 54.6 Å². The molecule has 6 nitrogen and oxygen atoms in total. The standard InChI is InChI=1S/C26H30ClN3O3/c1-2-6-24(31)29(22-13-15-28(16-14-22)18-19-7-4-3-5-8-19)23-17-25(32)30(26(23)33)21-11-9-20(27)10-12-21/h3-5,7-12,22-23H,2,6,13-18H2,1H3. The van der Waals surface area contributed by atoms with E-state index in [0.29, 0.717) is 23.6 Å². The van der Waals surface area contributed by atoms with E-state index in [1.54, 1.807) is 29.2 Å². The number of nitrogens with zero attached hydrogens (tertiary/aromatic N) is 3. The lowest BCUT2D eigenvalue weighted by Crippen LogP contribution is -2.54. The monoisotopic (exact) mass is 467 g/mol. The molecule has 0 saturated carbocycles. The van der Waals surface area contributed by atoms with Gasteiger partial charge >= 0.3 is 0 Å². The fourth-order valence-corrected chi connectivity index (χ4v) is 4.99. The van der Waals surface area contributed by atoms with Gasteiger partial charge in [0.2, 0.25) is 11.8 Å². The molecular formula is C26H30ClN3O3. The Kier molecular flexibility index (Phi) is 7.46. The predicted molar refractivity (Wildman–Crippen MR) is 129 cm³/mol. The van der Waals surface area contributed by atoms with Crippen LogP contribution in [0.3, 0.4) is 0 Å². The van der Waals surface area contributed by atoms with Crippen molar-refractivity contribution in [1.82, 2.24) is 9.80 Å². The number of carbonyl (C=O) groups is 3. The Hall–Kier alpha value is -2.70. The highest BCUT2D eigenvalue weighted by atomic mass is 35.5. The summed E-state index contributed by atoms with van der Waals surface area (Å²) in [7, 11) is 0. The van der Waals surface area contributed by atoms with Gasteiger partial charge in [0, 0.05) is 37.1 Å². The van der Waals surface area contributed by atoms with Gasteiger partial charge in [-0.2, -0.15) is 0 Å². The summed E-state index contributed by atoms with van der Waals surface area (Å²) in [4.78, 5) is 44.7. The summed E-state index contributed by atoms with van der Waals surface area (Å²) in [5.41, 5.74) is 1.77. The number of hydrogen-bond donors (Lipinski definition) is 0. The van der Waals surface area contributed by atoms with Crippen molar-refractivity contribution in [3.63, 3.8) is 0 Å². The van der Waals surface area contributed by atoms with Crippen LogP contribution in [0.1, 0.15) is 44.6 Å². The maximum absolute atomic E-state index is 13.4. The zero-order valence-corrected chi connectivity index (χ0v) is 19.7. The normalized spacial score (nSPS) is 19.8. The molecule has 2 saturated heterocycles. The average Bonchev–Trinajstić information content (AvgIpc) is 3.10. The molecule has 0 radical (unpaired) electrons. The van der Waals surface area contributed by atoms with E-state index in [1.165, 1.54) is 10.5 Å². The number of halogens is 1. The maximum atomic E-state index is 13.4. The zero-order valence-electron chi connectivity index (χ0n) is 19.0. The number of anilines is 1. The van der Waals surface area contributed by atoms with E-state index in [0.717, 1.165) is 32.5 Å². The summed E-state index contributed by atoms with van der Waals surface area (Å²) >= 11 is 5.97. The van der Waals surface area contributed by atoms with Crippen LogP contribution in [-0.4, -0.2) is 52.7 Å². The van der Waals surface area contributed by atoms with E-state index < -0.39 is 6.04 Å². The minimum Gasteiger partial charge on any atom is -0.327 e. The Morgan fingerprint density at radius 2 is 1.70 bits per heavy atom. The van der Waals surface area contributed by atoms with E-state index in [9.17, 15) is 14.4 Å². The molecule has 2 aromatic carbocycles. The molecule has 2 aliphatic heterocycles. The van der Waals surface area contributed by atoms with Crippen molar-refractivity contribution in [3.05, 3.63) is 65.2 Å². The molecule has 1 atom stereocenters. The van der Waals surface area contributed by atoms with Crippen molar-refractivity contribution in [2.75, 3.05) is 18.0 Å². The minimum atomic E-state index is -0.738. The topological polar surface area (TPSA) is 60.9 Å². The van der Waals surface area contributed by atoms with Gasteiger partial charge in [0.1, 0.15) is 6.04 Å². The third-order valence-electron chi connectivity index (χ3n) is 6.49. The van der Waals surface area contributed by atoms with Gasteiger partial charge in [-0.3, -0.25) is 19.3 Å². The molecule has 0 spiro atoms. The summed E-state index contributed by atoms with van der Waals surface area (Å²) in [5, 5.41) is 0.538. The van der Waals surface area contributed by atoms with Crippen molar-refractivity contribution in [2.45, 2.75) is 57.7 Å². The smallest absolute Gasteiger partial charge is 0.257 e. The van der Waals surface area contributed by atoms with Crippen LogP contribution < -0.4 is 4.90 Å². The van der Waals surface area contributed by atoms with Crippen molar-refractivity contribution in [3.8, 4) is 0 Å². The maximum Gasteiger partial charge on any atom is 0.257 e. The zero-order chi connectivity index (χ0) is 23.4. The molecule has 0 N–H and O–H groups in total. The van der Waals surface area contributed by atoms with Crippen LogP contribution in [-0.2, 0) is 20.9 Å². The first kappa shape index (κ1) is 23.5. The number of rotatable bonds is 7. The van der Waals surface area contributed by atoms with Crippen LogP contribution in [0, 0.1) is 0 Å². The number of hydrogen-bond acceptors (Lipinski definition) is 4. The van der Waals surface area contributed by atoms with Crippen LogP contribution in [0.5, 0.6) is 0 Å². The average molecular weight is 468 g/mol. The number of benzene rings is 2. The lowest BCUT2D eigenvalue weighted by Gasteiger charge is -2.40. The minimum absolute atomic E-state index is 0.0289. The molecule has 174 valence electrons. The molecule has 7 heteroatoms. The molecule has 33 heavy (non-hydrogen) atoms. The fourth-order valence-electron chi connectivity index (χ4n) is 4.87. The first-order valence-electron chi connectivity index (χ1n) is 11.7. The molecular weight excluding hydrogens is 438 g/mol. The van der Waals surface area contributed by atoms with Crippen LogP contribution >= 0.6 is 11.6 Å². The second-order valence-electron chi connectivity index (χ2n) is 8.81. The van der Waals surface area contributed by atoms with Crippen molar-refractivity contribution >= 4 is 35.0 Å². The predicted octanol–water partition coefficient (Wildman–Crippen LogP) is 4.27. The van der Waals surface area contributed by atoms with Gasteiger partial charge in [0.05, 0.1) is 12.1 Å². The Bertz CT molecular complexity index is 988. The summed E-state index contributed by atoms with van der Waals surface area (Å²) in [6.45, 7) is 4.54. The van der Waals surface area contributed by atoms with Crippen LogP contribution in [0.2, 0.25) is 5.02 Å². The molecule has 2 aliphatic rings. The largest absolute Gasteiger partial charge is 0.327 e. The van der Waals surface area contributed by atoms with Gasteiger partial charge in [0.15, 0.2) is 0 Å². The Labute approximate surface area is 200 Å². The molecule has 4 rings (SSSR count). The third-order valence-corrected chi connectivity index (χ3v) is 6.75. The molecule has 0 aliphatic carbocycles. The SMILES string of the molecule is CCCC(=O)N(C1CCN(Cc2ccccc2)CC1)C1CC(=O)N(c2ccc(Cl)cc2)C1=O. The van der Waals surface area contributed by atoms with E-state index in [4.69, 9.17) is 11.6 Å². The van der Waals surface area contributed by atoms with Crippen LogP contribution in [0.4, 0.5) is 5.69 Å². The number of amides is 3. The van der Waals surface area contributed by atoms with Crippen molar-refractivity contribution < 1.29 is 14.4 Å². The van der Waals surface area contributed by atoms with Gasteiger partial charge in [-0.25, -0.2) is 4.90 Å². The van der Waals surface area contributed by atoms with E-state index in [2.05, 4.69) is 17.0 Å². The number of piperidine rings is 1. The molecule has 2 fully saturated rings. The first-order valence-corrected chi connectivity index (χ1v) is 12.1. The van der Waals surface area contributed by atoms with E-state index in [-0.39, 0.29) is 30.2 Å². The lowest BCUT2D eigenvalue weighted by atomic mass is 9.99. The number of imide groups is 1. The second-order valence-corrected chi connectivity index (χ2v) is 9.24. The molecule has 1 unspecified atom stereocenters. The van der Waals surface area contributed by atoms with Gasteiger partial charge in [-0.05, 0) is 49.1 Å². The van der Waals surface area contributed by atoms with Gasteiger partial charge in [-0.1, -0.05) is 48.9 Å². The third kappa shape index (κ3) is 5.28. The van der Waals surface area contributed by atoms with E-state index in [1.807, 2.05) is 25.1 Å². The van der Waals surface area contributed by atoms with Gasteiger partial charge in [-0.15, -0.1) is 0 Å². The molecule has 3 amide bonds.